The summed E-state index contributed by atoms with van der Waals surface area (Å²) < 4.78 is 2.15. The van der Waals surface area contributed by atoms with Crippen molar-refractivity contribution in [2.45, 2.75) is 33.6 Å². The highest BCUT2D eigenvalue weighted by Gasteiger charge is 2.14. The van der Waals surface area contributed by atoms with E-state index >= 15 is 0 Å². The van der Waals surface area contributed by atoms with Crippen LogP contribution in [-0.4, -0.2) is 29.8 Å². The minimum atomic E-state index is -0.219. The number of amides is 1. The molecule has 6 heteroatoms. The number of nitrogens with zero attached hydrogens (tertiary/aromatic N) is 3. The number of benzene rings is 2. The van der Waals surface area contributed by atoms with Crippen molar-refractivity contribution in [1.82, 2.24) is 9.99 Å². The van der Waals surface area contributed by atoms with Crippen LogP contribution >= 0.6 is 11.6 Å². The van der Waals surface area contributed by atoms with Gasteiger partial charge in [-0.3, -0.25) is 4.79 Å². The smallest absolute Gasteiger partial charge is 0.271 e. The summed E-state index contributed by atoms with van der Waals surface area (Å²) >= 11 is 6.31. The predicted octanol–water partition coefficient (Wildman–Crippen LogP) is 5.42. The van der Waals surface area contributed by atoms with E-state index in [4.69, 9.17) is 11.6 Å². The molecule has 31 heavy (non-hydrogen) atoms. The number of rotatable bonds is 5. The quantitative estimate of drug-likeness (QED) is 0.430. The summed E-state index contributed by atoms with van der Waals surface area (Å²) in [4.78, 5) is 14.8. The maximum atomic E-state index is 12.5. The van der Waals surface area contributed by atoms with Crippen LogP contribution in [0.5, 0.6) is 0 Å². The van der Waals surface area contributed by atoms with Gasteiger partial charge in [0.25, 0.3) is 5.91 Å². The normalized spacial score (nSPS) is 13.9. The molecule has 2 aromatic carbocycles. The average Bonchev–Trinajstić information content (AvgIpc) is 3.39. The maximum Gasteiger partial charge on any atom is 0.271 e. The standard InChI is InChI=1S/C25H27ClN4O/c1-17-15-21(19(3)30(17)24-8-6-7-23(26)18(24)2)16-27-28-25(31)20-9-11-22(12-10-20)29-13-4-5-14-29/h6-12,15-16H,4-5,13-14H2,1-3H3,(H,28,31)/b27-16-. The van der Waals surface area contributed by atoms with E-state index in [-0.39, 0.29) is 5.91 Å². The molecule has 1 saturated heterocycles. The van der Waals surface area contributed by atoms with Crippen LogP contribution in [0.1, 0.15) is 45.7 Å². The molecule has 5 nitrogen and oxygen atoms in total. The number of aromatic nitrogens is 1. The Morgan fingerprint density at radius 2 is 1.77 bits per heavy atom. The van der Waals surface area contributed by atoms with Crippen molar-refractivity contribution in [3.05, 3.63) is 81.6 Å². The van der Waals surface area contributed by atoms with Crippen molar-refractivity contribution in [2.24, 2.45) is 5.10 Å². The van der Waals surface area contributed by atoms with Gasteiger partial charge in [-0.15, -0.1) is 0 Å². The topological polar surface area (TPSA) is 49.6 Å². The molecule has 4 rings (SSSR count). The van der Waals surface area contributed by atoms with E-state index in [0.29, 0.717) is 5.56 Å². The molecule has 1 aliphatic rings. The van der Waals surface area contributed by atoms with Gasteiger partial charge in [0.2, 0.25) is 0 Å². The molecule has 1 aliphatic heterocycles. The number of nitrogens with one attached hydrogen (secondary N) is 1. The molecule has 2 heterocycles. The highest BCUT2D eigenvalue weighted by atomic mass is 35.5. The van der Waals surface area contributed by atoms with E-state index in [1.54, 1.807) is 6.21 Å². The molecular formula is C25H27ClN4O. The molecule has 1 fully saturated rings. The van der Waals surface area contributed by atoms with Crippen LogP contribution in [0.2, 0.25) is 5.02 Å². The molecule has 0 unspecified atom stereocenters. The molecule has 1 N–H and O–H groups in total. The molecule has 0 spiro atoms. The first kappa shape index (κ1) is 21.2. The number of halogens is 1. The van der Waals surface area contributed by atoms with Crippen LogP contribution in [0.15, 0.2) is 53.6 Å². The van der Waals surface area contributed by atoms with Gasteiger partial charge in [0, 0.05) is 52.0 Å². The Hall–Kier alpha value is -3.05. The molecule has 0 radical (unpaired) electrons. The summed E-state index contributed by atoms with van der Waals surface area (Å²) in [6.45, 7) is 8.27. The summed E-state index contributed by atoms with van der Waals surface area (Å²) in [5.41, 5.74) is 9.54. The Balaban J connectivity index is 1.47. The summed E-state index contributed by atoms with van der Waals surface area (Å²) in [5, 5.41) is 4.93. The first-order valence-electron chi connectivity index (χ1n) is 10.6. The molecule has 1 aromatic heterocycles. The zero-order valence-corrected chi connectivity index (χ0v) is 18.9. The Morgan fingerprint density at radius 1 is 1.06 bits per heavy atom. The van der Waals surface area contributed by atoms with E-state index in [1.165, 1.54) is 18.5 Å². The first-order chi connectivity index (χ1) is 15.0. The number of hydrogen-bond acceptors (Lipinski definition) is 3. The van der Waals surface area contributed by atoms with E-state index in [1.807, 2.05) is 57.2 Å². The second-order valence-corrected chi connectivity index (χ2v) is 8.39. The van der Waals surface area contributed by atoms with E-state index < -0.39 is 0 Å². The van der Waals surface area contributed by atoms with Crippen molar-refractivity contribution in [1.29, 1.82) is 0 Å². The van der Waals surface area contributed by atoms with Gasteiger partial charge >= 0.3 is 0 Å². The van der Waals surface area contributed by atoms with Gasteiger partial charge in [-0.2, -0.15) is 5.10 Å². The van der Waals surface area contributed by atoms with Crippen LogP contribution in [0, 0.1) is 20.8 Å². The lowest BCUT2D eigenvalue weighted by Crippen LogP contribution is -2.19. The lowest BCUT2D eigenvalue weighted by atomic mass is 10.2. The van der Waals surface area contributed by atoms with Gasteiger partial charge in [0.15, 0.2) is 0 Å². The largest absolute Gasteiger partial charge is 0.372 e. The van der Waals surface area contributed by atoms with Crippen molar-refractivity contribution in [3.8, 4) is 5.69 Å². The number of hydrazone groups is 1. The van der Waals surface area contributed by atoms with Crippen LogP contribution in [-0.2, 0) is 0 Å². The number of anilines is 1. The number of carbonyl (C=O) groups excluding carboxylic acids is 1. The Morgan fingerprint density at radius 3 is 2.48 bits per heavy atom. The summed E-state index contributed by atoms with van der Waals surface area (Å²) in [7, 11) is 0. The monoisotopic (exact) mass is 434 g/mol. The van der Waals surface area contributed by atoms with Crippen molar-refractivity contribution >= 4 is 29.4 Å². The Labute approximate surface area is 188 Å². The van der Waals surface area contributed by atoms with Gasteiger partial charge < -0.3 is 9.47 Å². The van der Waals surface area contributed by atoms with E-state index in [0.717, 1.165) is 46.3 Å². The van der Waals surface area contributed by atoms with Gasteiger partial charge in [0.1, 0.15) is 0 Å². The lowest BCUT2D eigenvalue weighted by molar-refractivity contribution is 0.0955. The van der Waals surface area contributed by atoms with Crippen LogP contribution in [0.25, 0.3) is 5.69 Å². The van der Waals surface area contributed by atoms with Crippen molar-refractivity contribution < 1.29 is 4.79 Å². The molecule has 0 bridgehead atoms. The van der Waals surface area contributed by atoms with Gasteiger partial charge in [-0.05, 0) is 81.6 Å². The maximum absolute atomic E-state index is 12.5. The summed E-state index contributed by atoms with van der Waals surface area (Å²) in [6, 6.07) is 15.7. The first-order valence-corrected chi connectivity index (χ1v) is 11.0. The lowest BCUT2D eigenvalue weighted by Gasteiger charge is -2.17. The Kier molecular flexibility index (Phi) is 6.14. The van der Waals surface area contributed by atoms with Gasteiger partial charge in [-0.1, -0.05) is 17.7 Å². The Bertz CT molecular complexity index is 1130. The van der Waals surface area contributed by atoms with Gasteiger partial charge in [0.05, 0.1) is 6.21 Å². The van der Waals surface area contributed by atoms with Crippen LogP contribution in [0.4, 0.5) is 5.69 Å². The van der Waals surface area contributed by atoms with Crippen LogP contribution < -0.4 is 10.3 Å². The van der Waals surface area contributed by atoms with E-state index in [2.05, 4.69) is 32.1 Å². The molecule has 160 valence electrons. The SMILES string of the molecule is Cc1c(Cl)cccc1-n1c(C)cc(/C=N\NC(=O)c2ccc(N3CCCC3)cc2)c1C. The molecule has 1 amide bonds. The summed E-state index contributed by atoms with van der Waals surface area (Å²) in [6.07, 6.45) is 4.15. The van der Waals surface area contributed by atoms with Crippen LogP contribution in [0.3, 0.4) is 0 Å². The highest BCUT2D eigenvalue weighted by molar-refractivity contribution is 6.31. The third kappa shape index (κ3) is 4.37. The molecule has 3 aromatic rings. The van der Waals surface area contributed by atoms with Gasteiger partial charge in [-0.25, -0.2) is 5.43 Å². The third-order valence-corrected chi connectivity index (χ3v) is 6.33. The molecule has 0 aliphatic carbocycles. The fourth-order valence-electron chi connectivity index (χ4n) is 4.15. The highest BCUT2D eigenvalue weighted by Crippen LogP contribution is 2.26. The third-order valence-electron chi connectivity index (χ3n) is 5.92. The minimum Gasteiger partial charge on any atom is -0.372 e. The number of hydrogen-bond donors (Lipinski definition) is 1. The minimum absolute atomic E-state index is 0.219. The fraction of sp³-hybridized carbons (Fsp3) is 0.280. The molecule has 0 atom stereocenters. The van der Waals surface area contributed by atoms with Crippen molar-refractivity contribution in [2.75, 3.05) is 18.0 Å². The molecule has 0 saturated carbocycles. The average molecular weight is 435 g/mol. The number of aryl methyl sites for hydroxylation is 1. The second kappa shape index (κ2) is 8.98. The fourth-order valence-corrected chi connectivity index (χ4v) is 4.32. The second-order valence-electron chi connectivity index (χ2n) is 7.99. The summed E-state index contributed by atoms with van der Waals surface area (Å²) in [5.74, 6) is -0.219. The van der Waals surface area contributed by atoms with E-state index in [9.17, 15) is 4.79 Å². The zero-order valence-electron chi connectivity index (χ0n) is 18.2. The zero-order chi connectivity index (χ0) is 22.0. The van der Waals surface area contributed by atoms with Crippen molar-refractivity contribution in [3.63, 3.8) is 0 Å². The molecular weight excluding hydrogens is 408 g/mol. The predicted molar refractivity (Wildman–Crippen MR) is 128 cm³/mol. The number of carbonyl (C=O) groups is 1.